The van der Waals surface area contributed by atoms with Crippen LogP contribution in [0.5, 0.6) is 0 Å². The Balaban J connectivity index is 1.79. The zero-order valence-corrected chi connectivity index (χ0v) is 17.7. The number of nitrogens with one attached hydrogen (secondary N) is 2. The molecule has 0 fully saturated rings. The summed E-state index contributed by atoms with van der Waals surface area (Å²) in [6, 6.07) is 14.0. The Kier molecular flexibility index (Phi) is 5.77. The summed E-state index contributed by atoms with van der Waals surface area (Å²) in [7, 11) is 0. The van der Waals surface area contributed by atoms with Crippen LogP contribution in [0.15, 0.2) is 76.0 Å². The van der Waals surface area contributed by atoms with E-state index in [4.69, 9.17) is 0 Å². The highest BCUT2D eigenvalue weighted by atomic mass is 32.2. The first kappa shape index (κ1) is 20.4. The Morgan fingerprint density at radius 3 is 2.57 bits per heavy atom. The third-order valence-corrected chi connectivity index (χ3v) is 6.34. The van der Waals surface area contributed by atoms with Crippen molar-refractivity contribution in [1.29, 1.82) is 0 Å². The van der Waals surface area contributed by atoms with Crippen LogP contribution in [-0.4, -0.2) is 17.9 Å². The molecule has 1 atom stereocenters. The molecule has 4 rings (SSSR count). The van der Waals surface area contributed by atoms with Gasteiger partial charge in [-0.1, -0.05) is 24.3 Å². The van der Waals surface area contributed by atoms with Gasteiger partial charge in [-0.25, -0.2) is 4.39 Å². The molecule has 1 aliphatic heterocycles. The van der Waals surface area contributed by atoms with Crippen LogP contribution in [0.25, 0.3) is 0 Å². The number of benzene rings is 2. The lowest BCUT2D eigenvalue weighted by atomic mass is 9.75. The number of carbonyl (C=O) groups is 2. The number of Topliss-reactive ketones (excluding diaryl/α,β-unsaturated/α-hetero) is 1. The Hall–Kier alpha value is -2.86. The van der Waals surface area contributed by atoms with Gasteiger partial charge in [0.05, 0.1) is 5.69 Å². The van der Waals surface area contributed by atoms with Crippen molar-refractivity contribution in [2.24, 2.45) is 0 Å². The number of carbonyl (C=O) groups excluding carboxylic acids is 2. The van der Waals surface area contributed by atoms with E-state index < -0.39 is 17.6 Å². The number of ketones is 1. The predicted octanol–water partition coefficient (Wildman–Crippen LogP) is 5.15. The molecule has 1 unspecified atom stereocenters. The predicted molar refractivity (Wildman–Crippen MR) is 118 cm³/mol. The molecule has 2 aliphatic rings. The van der Waals surface area contributed by atoms with E-state index in [-0.39, 0.29) is 11.5 Å². The molecule has 0 bridgehead atoms. The lowest BCUT2D eigenvalue weighted by Gasteiger charge is -2.34. The van der Waals surface area contributed by atoms with Gasteiger partial charge in [0, 0.05) is 39.8 Å². The van der Waals surface area contributed by atoms with E-state index in [1.165, 1.54) is 12.1 Å². The molecule has 0 saturated carbocycles. The monoisotopic (exact) mass is 422 g/mol. The normalized spacial score (nSPS) is 18.8. The molecule has 154 valence electrons. The number of dihydropyridines is 1. The van der Waals surface area contributed by atoms with Crippen LogP contribution >= 0.6 is 11.8 Å². The van der Waals surface area contributed by atoms with Crippen LogP contribution in [0, 0.1) is 5.82 Å². The van der Waals surface area contributed by atoms with Gasteiger partial charge in [-0.15, -0.1) is 11.8 Å². The van der Waals surface area contributed by atoms with Crippen molar-refractivity contribution in [3.63, 3.8) is 0 Å². The minimum Gasteiger partial charge on any atom is -0.362 e. The van der Waals surface area contributed by atoms with E-state index in [2.05, 4.69) is 10.6 Å². The fourth-order valence-electron chi connectivity index (χ4n) is 4.17. The average Bonchev–Trinajstić information content (AvgIpc) is 2.74. The first-order chi connectivity index (χ1) is 14.5. The number of thioether (sulfide) groups is 1. The minimum absolute atomic E-state index is 0.0615. The zero-order valence-electron chi connectivity index (χ0n) is 16.9. The quantitative estimate of drug-likeness (QED) is 0.669. The van der Waals surface area contributed by atoms with Crippen LogP contribution < -0.4 is 10.6 Å². The molecule has 2 N–H and O–H groups in total. The van der Waals surface area contributed by atoms with Gasteiger partial charge < -0.3 is 10.6 Å². The molecule has 2 aromatic carbocycles. The van der Waals surface area contributed by atoms with E-state index in [0.29, 0.717) is 23.3 Å². The Morgan fingerprint density at radius 2 is 1.87 bits per heavy atom. The van der Waals surface area contributed by atoms with Gasteiger partial charge in [0.25, 0.3) is 5.91 Å². The van der Waals surface area contributed by atoms with Gasteiger partial charge in [0.2, 0.25) is 0 Å². The number of hydrogen-bond acceptors (Lipinski definition) is 4. The van der Waals surface area contributed by atoms with Crippen molar-refractivity contribution < 1.29 is 14.0 Å². The van der Waals surface area contributed by atoms with E-state index in [9.17, 15) is 14.0 Å². The second-order valence-electron chi connectivity index (χ2n) is 7.47. The maximum Gasteiger partial charge on any atom is 0.254 e. The highest BCUT2D eigenvalue weighted by Gasteiger charge is 2.38. The molecule has 30 heavy (non-hydrogen) atoms. The Bertz CT molecular complexity index is 1070. The fraction of sp³-hybridized carbons (Fsp3) is 0.250. The van der Waals surface area contributed by atoms with Gasteiger partial charge >= 0.3 is 0 Å². The maximum absolute atomic E-state index is 14.1. The SMILES string of the molecule is CSc1ccc(C2C(C(=O)Nc3ccccc3F)=C(C)NC3=C2C(=O)CCC3)cc1. The number of para-hydroxylation sites is 1. The summed E-state index contributed by atoms with van der Waals surface area (Å²) >= 11 is 1.63. The van der Waals surface area contributed by atoms with Crippen molar-refractivity contribution in [1.82, 2.24) is 5.32 Å². The number of hydrogen-bond donors (Lipinski definition) is 2. The zero-order chi connectivity index (χ0) is 21.3. The van der Waals surface area contributed by atoms with Crippen molar-refractivity contribution in [2.45, 2.75) is 37.0 Å². The summed E-state index contributed by atoms with van der Waals surface area (Å²) in [5.74, 6) is -1.32. The summed E-state index contributed by atoms with van der Waals surface area (Å²) in [6.45, 7) is 1.84. The minimum atomic E-state index is -0.498. The molecule has 0 spiro atoms. The molecule has 6 heteroatoms. The molecule has 0 aromatic heterocycles. The van der Waals surface area contributed by atoms with Crippen molar-refractivity contribution in [3.05, 3.63) is 82.5 Å². The molecule has 2 aromatic rings. The van der Waals surface area contributed by atoms with Gasteiger partial charge in [0.1, 0.15) is 5.82 Å². The van der Waals surface area contributed by atoms with Gasteiger partial charge in [0.15, 0.2) is 5.78 Å². The highest BCUT2D eigenvalue weighted by molar-refractivity contribution is 7.98. The molecule has 4 nitrogen and oxygen atoms in total. The summed E-state index contributed by atoms with van der Waals surface area (Å²) in [4.78, 5) is 27.3. The number of allylic oxidation sites excluding steroid dienone is 3. The third kappa shape index (κ3) is 3.79. The molecular formula is C24H23FN2O2S. The van der Waals surface area contributed by atoms with Crippen LogP contribution in [0.4, 0.5) is 10.1 Å². The fourth-order valence-corrected chi connectivity index (χ4v) is 4.57. The Morgan fingerprint density at radius 1 is 1.13 bits per heavy atom. The van der Waals surface area contributed by atoms with E-state index in [1.54, 1.807) is 23.9 Å². The third-order valence-electron chi connectivity index (χ3n) is 5.59. The van der Waals surface area contributed by atoms with Gasteiger partial charge in [-0.2, -0.15) is 0 Å². The molecule has 1 heterocycles. The number of halogens is 1. The second kappa shape index (κ2) is 8.48. The molecule has 0 radical (unpaired) electrons. The summed E-state index contributed by atoms with van der Waals surface area (Å²) in [5, 5.41) is 5.98. The highest BCUT2D eigenvalue weighted by Crippen LogP contribution is 2.42. The first-order valence-electron chi connectivity index (χ1n) is 9.93. The maximum atomic E-state index is 14.1. The molecule has 1 amide bonds. The standard InChI is InChI=1S/C24H23FN2O2S/c1-14-21(24(29)27-18-7-4-3-6-17(18)25)22(15-10-12-16(30-2)13-11-15)23-19(26-14)8-5-9-20(23)28/h3-4,6-7,10-13,22,26H,5,8-9H2,1-2H3,(H,27,29). The van der Waals surface area contributed by atoms with Crippen LogP contribution in [0.3, 0.4) is 0 Å². The average molecular weight is 423 g/mol. The van der Waals surface area contributed by atoms with Gasteiger partial charge in [-0.05, 0) is 55.9 Å². The summed E-state index contributed by atoms with van der Waals surface area (Å²) in [5.41, 5.74) is 3.69. The van der Waals surface area contributed by atoms with Crippen molar-refractivity contribution in [3.8, 4) is 0 Å². The largest absolute Gasteiger partial charge is 0.362 e. The summed E-state index contributed by atoms with van der Waals surface area (Å²) in [6.07, 6.45) is 4.05. The van der Waals surface area contributed by atoms with Crippen LogP contribution in [0.1, 0.15) is 37.7 Å². The number of rotatable bonds is 4. The van der Waals surface area contributed by atoms with Crippen LogP contribution in [-0.2, 0) is 9.59 Å². The van der Waals surface area contributed by atoms with E-state index in [1.807, 2.05) is 37.4 Å². The molecule has 1 aliphatic carbocycles. The van der Waals surface area contributed by atoms with Crippen molar-refractivity contribution >= 4 is 29.1 Å². The Labute approximate surface area is 179 Å². The summed E-state index contributed by atoms with van der Waals surface area (Å²) < 4.78 is 14.1. The number of amides is 1. The number of anilines is 1. The van der Waals surface area contributed by atoms with E-state index in [0.717, 1.165) is 29.0 Å². The first-order valence-corrected chi connectivity index (χ1v) is 11.2. The molecular weight excluding hydrogens is 399 g/mol. The van der Waals surface area contributed by atoms with Crippen LogP contribution in [0.2, 0.25) is 0 Å². The molecule has 0 saturated heterocycles. The lowest BCUT2D eigenvalue weighted by Crippen LogP contribution is -2.35. The topological polar surface area (TPSA) is 58.2 Å². The lowest BCUT2D eigenvalue weighted by molar-refractivity contribution is -0.116. The second-order valence-corrected chi connectivity index (χ2v) is 8.35. The smallest absolute Gasteiger partial charge is 0.254 e. The van der Waals surface area contributed by atoms with Crippen molar-refractivity contribution in [2.75, 3.05) is 11.6 Å². The van der Waals surface area contributed by atoms with E-state index >= 15 is 0 Å². The van der Waals surface area contributed by atoms with Gasteiger partial charge in [-0.3, -0.25) is 9.59 Å².